The van der Waals surface area contributed by atoms with Gasteiger partial charge in [-0.2, -0.15) is 12.6 Å². The molecule has 0 saturated carbocycles. The number of carbonyl (C=O) groups excluding carboxylic acids is 1. The highest BCUT2D eigenvalue weighted by molar-refractivity contribution is 7.81. The third-order valence-corrected chi connectivity index (χ3v) is 2.91. The number of aldehydes is 1. The van der Waals surface area contributed by atoms with Crippen molar-refractivity contribution in [2.45, 2.75) is 19.1 Å². The van der Waals surface area contributed by atoms with E-state index < -0.39 is 0 Å². The Balaban J connectivity index is 2.84. The van der Waals surface area contributed by atoms with E-state index in [0.29, 0.717) is 0 Å². The van der Waals surface area contributed by atoms with E-state index in [1.165, 1.54) is 5.69 Å². The Morgan fingerprint density at radius 3 is 2.20 bits per heavy atom. The van der Waals surface area contributed by atoms with Crippen LogP contribution in [0.1, 0.15) is 24.7 Å². The van der Waals surface area contributed by atoms with Gasteiger partial charge in [0.05, 0.1) is 5.25 Å². The highest BCUT2D eigenvalue weighted by Crippen LogP contribution is 2.21. The van der Waals surface area contributed by atoms with Gasteiger partial charge in [0.25, 0.3) is 0 Å². The molecule has 0 aromatic heterocycles. The molecule has 1 rings (SSSR count). The summed E-state index contributed by atoms with van der Waals surface area (Å²) in [4.78, 5) is 12.8. The first kappa shape index (κ1) is 12.1. The van der Waals surface area contributed by atoms with Gasteiger partial charge in [0.15, 0.2) is 0 Å². The summed E-state index contributed by atoms with van der Waals surface area (Å²) in [6.07, 6.45) is 0.843. The van der Waals surface area contributed by atoms with Gasteiger partial charge in [0.1, 0.15) is 6.29 Å². The molecule has 0 radical (unpaired) electrons. The lowest BCUT2D eigenvalue weighted by Crippen LogP contribution is -2.21. The van der Waals surface area contributed by atoms with Gasteiger partial charge in [-0.25, -0.2) is 0 Å². The van der Waals surface area contributed by atoms with Crippen LogP contribution in [-0.4, -0.2) is 19.4 Å². The molecule has 15 heavy (non-hydrogen) atoms. The van der Waals surface area contributed by atoms with Gasteiger partial charge in [-0.05, 0) is 31.5 Å². The predicted molar refractivity (Wildman–Crippen MR) is 67.8 cm³/mol. The highest BCUT2D eigenvalue weighted by Gasteiger charge is 2.05. The van der Waals surface area contributed by atoms with Crippen molar-refractivity contribution in [3.05, 3.63) is 29.8 Å². The fourth-order valence-corrected chi connectivity index (χ4v) is 1.72. The van der Waals surface area contributed by atoms with Crippen molar-refractivity contribution in [3.63, 3.8) is 0 Å². The molecule has 0 amide bonds. The molecule has 3 heteroatoms. The normalized spacial score (nSPS) is 12.2. The summed E-state index contributed by atoms with van der Waals surface area (Å²) in [5.74, 6) is 0. The van der Waals surface area contributed by atoms with Crippen LogP contribution in [-0.2, 0) is 4.79 Å². The summed E-state index contributed by atoms with van der Waals surface area (Å²) in [7, 11) is 0. The number of rotatable bonds is 5. The van der Waals surface area contributed by atoms with E-state index in [4.69, 9.17) is 0 Å². The van der Waals surface area contributed by atoms with Crippen LogP contribution in [0.25, 0.3) is 0 Å². The highest BCUT2D eigenvalue weighted by atomic mass is 32.1. The van der Waals surface area contributed by atoms with Gasteiger partial charge < -0.3 is 9.69 Å². The Labute approximate surface area is 96.7 Å². The van der Waals surface area contributed by atoms with Crippen molar-refractivity contribution in [2.24, 2.45) is 0 Å². The van der Waals surface area contributed by atoms with E-state index in [1.54, 1.807) is 0 Å². The molecule has 0 aliphatic heterocycles. The van der Waals surface area contributed by atoms with Crippen molar-refractivity contribution in [1.82, 2.24) is 0 Å². The minimum absolute atomic E-state index is 0.309. The van der Waals surface area contributed by atoms with Crippen molar-refractivity contribution < 1.29 is 4.79 Å². The Hall–Kier alpha value is -0.960. The maximum atomic E-state index is 10.5. The summed E-state index contributed by atoms with van der Waals surface area (Å²) in [5.41, 5.74) is 2.14. The molecule has 0 heterocycles. The average Bonchev–Trinajstić information content (AvgIpc) is 2.30. The Morgan fingerprint density at radius 2 is 1.80 bits per heavy atom. The van der Waals surface area contributed by atoms with Crippen LogP contribution in [0.3, 0.4) is 0 Å². The molecule has 0 bridgehead atoms. The van der Waals surface area contributed by atoms with Crippen LogP contribution in [0.5, 0.6) is 0 Å². The lowest BCUT2D eigenvalue weighted by Gasteiger charge is -2.21. The van der Waals surface area contributed by atoms with Crippen LogP contribution in [0, 0.1) is 0 Å². The number of anilines is 1. The van der Waals surface area contributed by atoms with Crippen LogP contribution in [0.2, 0.25) is 0 Å². The second-order valence-electron chi connectivity index (χ2n) is 3.34. The summed E-state index contributed by atoms with van der Waals surface area (Å²) in [6.45, 7) is 6.25. The largest absolute Gasteiger partial charge is 0.372 e. The van der Waals surface area contributed by atoms with Crippen molar-refractivity contribution in [1.29, 1.82) is 0 Å². The lowest BCUT2D eigenvalue weighted by molar-refractivity contribution is -0.107. The summed E-state index contributed by atoms with van der Waals surface area (Å²) in [5, 5.41) is -0.309. The summed E-state index contributed by atoms with van der Waals surface area (Å²) in [6, 6.07) is 7.99. The van der Waals surface area contributed by atoms with Gasteiger partial charge in [-0.15, -0.1) is 0 Å². The zero-order valence-corrected chi connectivity index (χ0v) is 10.1. The standard InChI is InChI=1S/C12H17NOS/c1-3-13(4-2)11-7-5-10(6-8-11)12(15)9-14/h5-9,12,15H,3-4H2,1-2H3. The molecule has 2 nitrogen and oxygen atoms in total. The van der Waals surface area contributed by atoms with Gasteiger partial charge in [-0.1, -0.05) is 12.1 Å². The number of benzene rings is 1. The molecule has 0 N–H and O–H groups in total. The van der Waals surface area contributed by atoms with Gasteiger partial charge in [0.2, 0.25) is 0 Å². The molecular weight excluding hydrogens is 206 g/mol. The first-order chi connectivity index (χ1) is 7.22. The number of hydrogen-bond acceptors (Lipinski definition) is 3. The number of thiol groups is 1. The molecule has 0 saturated heterocycles. The van der Waals surface area contributed by atoms with Crippen molar-refractivity contribution in [2.75, 3.05) is 18.0 Å². The molecule has 0 fully saturated rings. The first-order valence-electron chi connectivity index (χ1n) is 5.21. The van der Waals surface area contributed by atoms with E-state index >= 15 is 0 Å². The second kappa shape index (κ2) is 5.81. The number of hydrogen-bond donors (Lipinski definition) is 1. The molecule has 82 valence electrons. The molecular formula is C12H17NOS. The zero-order chi connectivity index (χ0) is 11.3. The fraction of sp³-hybridized carbons (Fsp3) is 0.417. The van der Waals surface area contributed by atoms with Crippen molar-refractivity contribution >= 4 is 24.6 Å². The SMILES string of the molecule is CCN(CC)c1ccc(C(S)C=O)cc1. The second-order valence-corrected chi connectivity index (χ2v) is 3.90. The smallest absolute Gasteiger partial charge is 0.137 e. The number of carbonyl (C=O) groups is 1. The molecule has 1 atom stereocenters. The molecule has 1 unspecified atom stereocenters. The van der Waals surface area contributed by atoms with E-state index in [1.807, 2.05) is 24.3 Å². The molecule has 0 spiro atoms. The van der Waals surface area contributed by atoms with Crippen LogP contribution in [0.15, 0.2) is 24.3 Å². The van der Waals surface area contributed by atoms with E-state index in [-0.39, 0.29) is 5.25 Å². The number of nitrogens with zero attached hydrogens (tertiary/aromatic N) is 1. The Kier molecular flexibility index (Phi) is 4.69. The summed E-state index contributed by atoms with van der Waals surface area (Å²) >= 11 is 4.17. The topological polar surface area (TPSA) is 20.3 Å². The van der Waals surface area contributed by atoms with E-state index in [9.17, 15) is 4.79 Å². The van der Waals surface area contributed by atoms with Crippen LogP contribution >= 0.6 is 12.6 Å². The minimum Gasteiger partial charge on any atom is -0.372 e. The minimum atomic E-state index is -0.309. The fourth-order valence-electron chi connectivity index (χ4n) is 1.55. The van der Waals surface area contributed by atoms with Gasteiger partial charge in [-0.3, -0.25) is 0 Å². The maximum absolute atomic E-state index is 10.5. The van der Waals surface area contributed by atoms with Gasteiger partial charge >= 0.3 is 0 Å². The maximum Gasteiger partial charge on any atom is 0.137 e. The van der Waals surface area contributed by atoms with Crippen LogP contribution < -0.4 is 4.90 Å². The third kappa shape index (κ3) is 2.99. The third-order valence-electron chi connectivity index (χ3n) is 2.49. The average molecular weight is 223 g/mol. The monoisotopic (exact) mass is 223 g/mol. The van der Waals surface area contributed by atoms with Gasteiger partial charge in [0, 0.05) is 18.8 Å². The van der Waals surface area contributed by atoms with E-state index in [2.05, 4.69) is 31.4 Å². The van der Waals surface area contributed by atoms with E-state index in [0.717, 1.165) is 24.9 Å². The Morgan fingerprint density at radius 1 is 1.27 bits per heavy atom. The summed E-state index contributed by atoms with van der Waals surface area (Å²) < 4.78 is 0. The molecule has 0 aliphatic carbocycles. The first-order valence-corrected chi connectivity index (χ1v) is 5.72. The van der Waals surface area contributed by atoms with Crippen molar-refractivity contribution in [3.8, 4) is 0 Å². The molecule has 1 aromatic carbocycles. The quantitative estimate of drug-likeness (QED) is 0.612. The zero-order valence-electron chi connectivity index (χ0n) is 9.18. The van der Waals surface area contributed by atoms with Crippen LogP contribution in [0.4, 0.5) is 5.69 Å². The lowest BCUT2D eigenvalue weighted by atomic mass is 10.1. The molecule has 0 aliphatic rings. The molecule has 1 aromatic rings. The Bertz CT molecular complexity index is 306. The predicted octanol–water partition coefficient (Wildman–Crippen LogP) is 2.70.